The van der Waals surface area contributed by atoms with Crippen molar-refractivity contribution in [3.63, 3.8) is 0 Å². The molecule has 18 heavy (non-hydrogen) atoms. The Kier molecular flexibility index (Phi) is 3.84. The van der Waals surface area contributed by atoms with Crippen LogP contribution in [0.2, 0.25) is 5.02 Å². The normalized spacial score (nSPS) is 22.1. The van der Waals surface area contributed by atoms with E-state index >= 15 is 0 Å². The van der Waals surface area contributed by atoms with Crippen molar-refractivity contribution >= 4 is 21.6 Å². The van der Waals surface area contributed by atoms with Gasteiger partial charge in [0.1, 0.15) is 11.5 Å². The van der Waals surface area contributed by atoms with E-state index in [2.05, 4.69) is 4.72 Å². The standard InChI is InChI=1S/C12H16ClNO3S/c1-8(2)6-9-7-17-12-10(13)4-3-5-11(12)18(15,16)14-9/h3-5,8-9,14H,6-7H2,1-2H3/t9-/m0/s1. The molecule has 4 nitrogen and oxygen atoms in total. The Morgan fingerprint density at radius 3 is 2.89 bits per heavy atom. The number of sulfonamides is 1. The highest BCUT2D eigenvalue weighted by Crippen LogP contribution is 2.34. The van der Waals surface area contributed by atoms with Crippen LogP contribution >= 0.6 is 11.6 Å². The second-order valence-electron chi connectivity index (χ2n) is 4.83. The number of hydrogen-bond donors (Lipinski definition) is 1. The summed E-state index contributed by atoms with van der Waals surface area (Å²) in [6, 6.07) is 4.51. The van der Waals surface area contributed by atoms with Gasteiger partial charge in [-0.05, 0) is 24.5 Å². The highest BCUT2D eigenvalue weighted by Gasteiger charge is 2.29. The third kappa shape index (κ3) is 2.79. The van der Waals surface area contributed by atoms with E-state index in [1.165, 1.54) is 6.07 Å². The first-order chi connectivity index (χ1) is 8.40. The minimum atomic E-state index is -3.56. The molecule has 1 aromatic rings. The number of ether oxygens (including phenoxy) is 1. The number of rotatable bonds is 2. The summed E-state index contributed by atoms with van der Waals surface area (Å²) in [7, 11) is -3.56. The van der Waals surface area contributed by atoms with Gasteiger partial charge in [0.05, 0.1) is 11.1 Å². The summed E-state index contributed by atoms with van der Waals surface area (Å²) in [5, 5.41) is 0.322. The molecule has 0 aromatic heterocycles. The minimum absolute atomic E-state index is 0.112. The lowest BCUT2D eigenvalue weighted by molar-refractivity contribution is 0.262. The largest absolute Gasteiger partial charge is 0.489 e. The quantitative estimate of drug-likeness (QED) is 0.910. The molecule has 0 bridgehead atoms. The topological polar surface area (TPSA) is 55.4 Å². The smallest absolute Gasteiger partial charge is 0.244 e. The number of fused-ring (bicyclic) bond motifs is 1. The van der Waals surface area contributed by atoms with Gasteiger partial charge >= 0.3 is 0 Å². The maximum Gasteiger partial charge on any atom is 0.244 e. The Labute approximate surface area is 112 Å². The summed E-state index contributed by atoms with van der Waals surface area (Å²) in [6.07, 6.45) is 0.727. The zero-order valence-corrected chi connectivity index (χ0v) is 11.9. The van der Waals surface area contributed by atoms with E-state index in [-0.39, 0.29) is 16.7 Å². The van der Waals surface area contributed by atoms with E-state index in [0.29, 0.717) is 17.5 Å². The van der Waals surface area contributed by atoms with Crippen LogP contribution in [0.3, 0.4) is 0 Å². The number of halogens is 1. The van der Waals surface area contributed by atoms with E-state index in [1.807, 2.05) is 13.8 Å². The molecule has 100 valence electrons. The van der Waals surface area contributed by atoms with Crippen LogP contribution in [0.5, 0.6) is 5.75 Å². The monoisotopic (exact) mass is 289 g/mol. The number of hydrogen-bond acceptors (Lipinski definition) is 3. The molecule has 1 N–H and O–H groups in total. The molecule has 0 amide bonds. The molecule has 1 aliphatic heterocycles. The summed E-state index contributed by atoms with van der Waals surface area (Å²) in [5.41, 5.74) is 0. The SMILES string of the molecule is CC(C)C[C@H]1COc2c(Cl)cccc2S(=O)(=O)N1. The van der Waals surface area contributed by atoms with Crippen molar-refractivity contribution in [2.75, 3.05) is 6.61 Å². The Bertz CT molecular complexity index is 542. The van der Waals surface area contributed by atoms with Crippen molar-refractivity contribution in [3.05, 3.63) is 23.2 Å². The Morgan fingerprint density at radius 2 is 2.22 bits per heavy atom. The number of benzene rings is 1. The molecule has 0 spiro atoms. The maximum absolute atomic E-state index is 12.2. The fourth-order valence-electron chi connectivity index (χ4n) is 2.03. The van der Waals surface area contributed by atoms with Gasteiger partial charge in [0.2, 0.25) is 10.0 Å². The van der Waals surface area contributed by atoms with Crippen LogP contribution in [0.15, 0.2) is 23.1 Å². The first-order valence-electron chi connectivity index (χ1n) is 5.84. The molecule has 0 saturated heterocycles. The van der Waals surface area contributed by atoms with Crippen LogP contribution in [-0.2, 0) is 10.0 Å². The van der Waals surface area contributed by atoms with E-state index < -0.39 is 10.0 Å². The van der Waals surface area contributed by atoms with Crippen molar-refractivity contribution < 1.29 is 13.2 Å². The van der Waals surface area contributed by atoms with Crippen LogP contribution in [-0.4, -0.2) is 21.1 Å². The molecule has 0 unspecified atom stereocenters. The number of nitrogens with one attached hydrogen (secondary N) is 1. The van der Waals surface area contributed by atoms with Crippen molar-refractivity contribution in [3.8, 4) is 5.75 Å². The first-order valence-corrected chi connectivity index (χ1v) is 7.70. The Morgan fingerprint density at radius 1 is 1.50 bits per heavy atom. The Hall–Kier alpha value is -0.780. The van der Waals surface area contributed by atoms with Gasteiger partial charge in [0.15, 0.2) is 5.75 Å². The van der Waals surface area contributed by atoms with Crippen molar-refractivity contribution in [2.45, 2.75) is 31.2 Å². The van der Waals surface area contributed by atoms with E-state index in [1.54, 1.807) is 12.1 Å². The predicted molar refractivity (Wildman–Crippen MR) is 70.5 cm³/mol. The minimum Gasteiger partial charge on any atom is -0.489 e. The lowest BCUT2D eigenvalue weighted by Crippen LogP contribution is -2.37. The summed E-state index contributed by atoms with van der Waals surface area (Å²) >= 11 is 5.98. The predicted octanol–water partition coefficient (Wildman–Crippen LogP) is 2.43. The van der Waals surface area contributed by atoms with Crippen molar-refractivity contribution in [2.24, 2.45) is 5.92 Å². The molecule has 6 heteroatoms. The molecule has 0 saturated carbocycles. The molecule has 1 atom stereocenters. The van der Waals surface area contributed by atoms with Crippen LogP contribution in [0, 0.1) is 5.92 Å². The highest BCUT2D eigenvalue weighted by molar-refractivity contribution is 7.89. The lowest BCUT2D eigenvalue weighted by atomic mass is 10.1. The average molecular weight is 290 g/mol. The molecular weight excluding hydrogens is 274 g/mol. The van der Waals surface area contributed by atoms with Crippen LogP contribution in [0.25, 0.3) is 0 Å². The van der Waals surface area contributed by atoms with Crippen molar-refractivity contribution in [1.82, 2.24) is 4.72 Å². The van der Waals surface area contributed by atoms with Gasteiger partial charge in [-0.15, -0.1) is 0 Å². The van der Waals surface area contributed by atoms with E-state index in [0.717, 1.165) is 6.42 Å². The second kappa shape index (κ2) is 5.07. The van der Waals surface area contributed by atoms with E-state index in [4.69, 9.17) is 16.3 Å². The van der Waals surface area contributed by atoms with Gasteiger partial charge < -0.3 is 4.74 Å². The summed E-state index contributed by atoms with van der Waals surface area (Å²) in [6.45, 7) is 4.38. The lowest BCUT2D eigenvalue weighted by Gasteiger charge is -2.16. The van der Waals surface area contributed by atoms with Gasteiger partial charge in [0.25, 0.3) is 0 Å². The van der Waals surface area contributed by atoms with Crippen LogP contribution in [0.1, 0.15) is 20.3 Å². The molecule has 0 fully saturated rings. The molecule has 1 aliphatic rings. The molecule has 0 radical (unpaired) electrons. The molecule has 1 heterocycles. The highest BCUT2D eigenvalue weighted by atomic mass is 35.5. The average Bonchev–Trinajstić information content (AvgIpc) is 2.36. The maximum atomic E-state index is 12.2. The number of para-hydroxylation sites is 1. The third-order valence-electron chi connectivity index (χ3n) is 2.73. The van der Waals surface area contributed by atoms with Gasteiger partial charge in [-0.2, -0.15) is 0 Å². The zero-order valence-electron chi connectivity index (χ0n) is 10.3. The summed E-state index contributed by atoms with van der Waals surface area (Å²) in [5.74, 6) is 0.635. The van der Waals surface area contributed by atoms with Gasteiger partial charge in [-0.25, -0.2) is 13.1 Å². The fraction of sp³-hybridized carbons (Fsp3) is 0.500. The first kappa shape index (κ1) is 13.6. The van der Waals surface area contributed by atoms with Gasteiger partial charge in [-0.3, -0.25) is 0 Å². The van der Waals surface area contributed by atoms with Crippen molar-refractivity contribution in [1.29, 1.82) is 0 Å². The molecule has 0 aliphatic carbocycles. The molecule has 2 rings (SSSR count). The fourth-order valence-corrected chi connectivity index (χ4v) is 3.71. The van der Waals surface area contributed by atoms with Crippen LogP contribution < -0.4 is 9.46 Å². The second-order valence-corrected chi connectivity index (χ2v) is 6.92. The summed E-state index contributed by atoms with van der Waals surface area (Å²) < 4.78 is 32.6. The molecular formula is C12H16ClNO3S. The zero-order chi connectivity index (χ0) is 13.3. The van der Waals surface area contributed by atoms with Crippen LogP contribution in [0.4, 0.5) is 0 Å². The summed E-state index contributed by atoms with van der Waals surface area (Å²) in [4.78, 5) is 0.112. The van der Waals surface area contributed by atoms with Gasteiger partial charge in [-0.1, -0.05) is 31.5 Å². The third-order valence-corrected chi connectivity index (χ3v) is 4.57. The van der Waals surface area contributed by atoms with E-state index in [9.17, 15) is 8.42 Å². The molecule has 1 aromatic carbocycles. The Balaban J connectivity index is 2.38. The van der Waals surface area contributed by atoms with Gasteiger partial charge in [0, 0.05) is 0 Å².